The highest BCUT2D eigenvalue weighted by Gasteiger charge is 2.64. The van der Waals surface area contributed by atoms with Crippen LogP contribution >= 0.6 is 0 Å². The van der Waals surface area contributed by atoms with Gasteiger partial charge < -0.3 is 25.0 Å². The summed E-state index contributed by atoms with van der Waals surface area (Å²) in [5.41, 5.74) is 0.165. The summed E-state index contributed by atoms with van der Waals surface area (Å²) in [4.78, 5) is 57.1. The molecular weight excluding hydrogens is 683 g/mol. The molecule has 5 atom stereocenters. The van der Waals surface area contributed by atoms with Crippen LogP contribution < -0.4 is 10.6 Å². The van der Waals surface area contributed by atoms with Crippen LogP contribution in [0.3, 0.4) is 0 Å². The maximum Gasteiger partial charge on any atom is 0.408 e. The third-order valence-corrected chi connectivity index (χ3v) is 12.9. The maximum absolute atomic E-state index is 14.7. The third-order valence-electron chi connectivity index (χ3n) is 10.2. The number of allylic oxidation sites excluding steroid dienone is 1. The molecule has 2 N–H and O–H groups in total. The molecule has 11 nitrogen and oxygen atoms in total. The molecule has 2 aliphatic heterocycles. The van der Waals surface area contributed by atoms with Crippen LogP contribution in [0, 0.1) is 5.92 Å². The van der Waals surface area contributed by atoms with Gasteiger partial charge in [-0.05, 0) is 76.5 Å². The van der Waals surface area contributed by atoms with Gasteiger partial charge >= 0.3 is 12.1 Å². The van der Waals surface area contributed by atoms with Crippen molar-refractivity contribution in [2.45, 2.75) is 114 Å². The predicted octanol–water partition coefficient (Wildman–Crippen LogP) is 5.83. The van der Waals surface area contributed by atoms with Gasteiger partial charge in [-0.15, -0.1) is 0 Å². The molecule has 52 heavy (non-hydrogen) atoms. The smallest absolute Gasteiger partial charge is 0.408 e. The Morgan fingerprint density at radius 1 is 0.962 bits per heavy atom. The second-order valence-corrected chi connectivity index (χ2v) is 17.6. The number of nitrogens with zero attached hydrogens (tertiary/aromatic N) is 1. The Morgan fingerprint density at radius 2 is 1.65 bits per heavy atom. The molecule has 282 valence electrons. The van der Waals surface area contributed by atoms with Crippen molar-refractivity contribution in [2.75, 3.05) is 18.9 Å². The van der Waals surface area contributed by atoms with Crippen molar-refractivity contribution >= 4 is 33.7 Å². The van der Waals surface area contributed by atoms with E-state index < -0.39 is 61.7 Å². The van der Waals surface area contributed by atoms with Gasteiger partial charge in [0.05, 0.1) is 12.4 Å². The van der Waals surface area contributed by atoms with Crippen LogP contribution in [0.2, 0.25) is 0 Å². The minimum Gasteiger partial charge on any atom is -0.464 e. The van der Waals surface area contributed by atoms with Gasteiger partial charge in [0.15, 0.2) is 9.84 Å². The molecule has 2 aromatic rings. The highest BCUT2D eigenvalue weighted by Crippen LogP contribution is 2.48. The number of amides is 3. The largest absolute Gasteiger partial charge is 0.464 e. The van der Waals surface area contributed by atoms with Gasteiger partial charge in [0.25, 0.3) is 0 Å². The number of fused-ring (bicyclic) bond motifs is 2. The van der Waals surface area contributed by atoms with E-state index in [9.17, 15) is 27.6 Å². The maximum atomic E-state index is 14.7. The van der Waals surface area contributed by atoms with Crippen LogP contribution in [0.1, 0.15) is 91.5 Å². The number of nitrogens with one attached hydrogen (secondary N) is 2. The number of rotatable bonds is 8. The normalized spacial score (nSPS) is 26.9. The molecule has 1 saturated carbocycles. The molecular formula is C40H53N3O8S. The van der Waals surface area contributed by atoms with Crippen LogP contribution in [0.5, 0.6) is 0 Å². The first kappa shape index (κ1) is 39.0. The molecule has 2 heterocycles. The van der Waals surface area contributed by atoms with Crippen LogP contribution in [-0.4, -0.2) is 79.3 Å². The second-order valence-electron chi connectivity index (χ2n) is 15.2. The van der Waals surface area contributed by atoms with Crippen molar-refractivity contribution in [3.63, 3.8) is 0 Å². The highest BCUT2D eigenvalue weighted by atomic mass is 32.2. The average molecular weight is 736 g/mol. The molecule has 0 aromatic heterocycles. The monoisotopic (exact) mass is 735 g/mol. The molecule has 5 rings (SSSR count). The highest BCUT2D eigenvalue weighted by molar-refractivity contribution is 7.92. The Morgan fingerprint density at radius 3 is 2.31 bits per heavy atom. The number of hydrogen-bond acceptors (Lipinski definition) is 8. The number of ether oxygens (including phenoxy) is 2. The molecule has 3 amide bonds. The number of carbonyl (C=O) groups is 4. The van der Waals surface area contributed by atoms with Crippen molar-refractivity contribution in [3.8, 4) is 11.1 Å². The molecule has 3 aliphatic rings. The van der Waals surface area contributed by atoms with Gasteiger partial charge in [-0.25, -0.2) is 18.0 Å². The molecule has 1 aliphatic carbocycles. The van der Waals surface area contributed by atoms with E-state index in [0.717, 1.165) is 30.4 Å². The Labute approximate surface area is 307 Å². The van der Waals surface area contributed by atoms with Crippen molar-refractivity contribution in [1.82, 2.24) is 15.5 Å². The topological polar surface area (TPSA) is 148 Å². The number of hydrogen-bond donors (Lipinski definition) is 2. The first-order valence-corrected chi connectivity index (χ1v) is 20.2. The summed E-state index contributed by atoms with van der Waals surface area (Å²) in [6.07, 6.45) is 6.79. The molecule has 0 spiro atoms. The number of benzene rings is 2. The minimum atomic E-state index is -3.98. The van der Waals surface area contributed by atoms with E-state index in [1.54, 1.807) is 46.8 Å². The summed E-state index contributed by atoms with van der Waals surface area (Å²) in [7, 11) is -3.98. The SMILES string of the molecule is CCCS(=O)(=O)[C@@]1(c2ccc(-c3ccccc3)cc2)C[C@H]2C(=O)N[C@]3(C(=O)OCC)C[C@H]3C=CCCCCC[C@H](NC(=O)OC(C)(C)C)C(=O)N2C1. The summed E-state index contributed by atoms with van der Waals surface area (Å²) in [5.74, 6) is -2.25. The summed E-state index contributed by atoms with van der Waals surface area (Å²) in [5, 5.41) is 5.68. The van der Waals surface area contributed by atoms with E-state index in [1.807, 2.05) is 54.6 Å². The molecule has 0 bridgehead atoms. The molecule has 2 aromatic carbocycles. The van der Waals surface area contributed by atoms with E-state index in [4.69, 9.17) is 9.47 Å². The Hall–Kier alpha value is -4.19. The van der Waals surface area contributed by atoms with Gasteiger partial charge in [-0.1, -0.05) is 86.5 Å². The zero-order chi connectivity index (χ0) is 37.7. The number of sulfone groups is 1. The lowest BCUT2D eigenvalue weighted by atomic mass is 9.93. The molecule has 12 heteroatoms. The average Bonchev–Trinajstić information content (AvgIpc) is 3.62. The van der Waals surface area contributed by atoms with Crippen LogP contribution in [-0.2, 0) is 38.4 Å². The van der Waals surface area contributed by atoms with E-state index in [0.29, 0.717) is 24.8 Å². The lowest BCUT2D eigenvalue weighted by Gasteiger charge is -2.32. The Kier molecular flexibility index (Phi) is 11.9. The summed E-state index contributed by atoms with van der Waals surface area (Å²) in [6, 6.07) is 14.6. The summed E-state index contributed by atoms with van der Waals surface area (Å²) < 4.78 is 38.3. The molecule has 0 radical (unpaired) electrons. The Bertz CT molecular complexity index is 1750. The van der Waals surface area contributed by atoms with E-state index in [-0.39, 0.29) is 37.7 Å². The quantitative estimate of drug-likeness (QED) is 0.255. The van der Waals surface area contributed by atoms with Crippen molar-refractivity contribution in [3.05, 3.63) is 72.3 Å². The lowest BCUT2D eigenvalue weighted by Crippen LogP contribution is -2.56. The van der Waals surface area contributed by atoms with Crippen molar-refractivity contribution in [1.29, 1.82) is 0 Å². The van der Waals surface area contributed by atoms with Gasteiger partial charge in [0.1, 0.15) is 28.0 Å². The summed E-state index contributed by atoms with van der Waals surface area (Å²) in [6.45, 7) is 8.45. The predicted molar refractivity (Wildman–Crippen MR) is 199 cm³/mol. The van der Waals surface area contributed by atoms with Gasteiger partial charge in [0.2, 0.25) is 11.8 Å². The number of carbonyl (C=O) groups excluding carboxylic acids is 4. The van der Waals surface area contributed by atoms with Crippen LogP contribution in [0.25, 0.3) is 11.1 Å². The van der Waals surface area contributed by atoms with Gasteiger partial charge in [-0.2, -0.15) is 0 Å². The zero-order valence-corrected chi connectivity index (χ0v) is 31.8. The van der Waals surface area contributed by atoms with Gasteiger partial charge in [0, 0.05) is 18.9 Å². The number of esters is 1. The van der Waals surface area contributed by atoms with Crippen molar-refractivity contribution in [2.24, 2.45) is 5.92 Å². The fourth-order valence-electron chi connectivity index (χ4n) is 7.48. The fourth-order valence-corrected chi connectivity index (χ4v) is 9.65. The summed E-state index contributed by atoms with van der Waals surface area (Å²) >= 11 is 0. The first-order chi connectivity index (χ1) is 24.7. The Balaban J connectivity index is 1.61. The molecule has 0 unspecified atom stereocenters. The second kappa shape index (κ2) is 15.8. The standard InChI is InChI=1S/C40H53N3O8S/c1-6-24-52(48,49)39(30-22-20-29(21-23-30)28-16-12-11-13-17-28)26-33-34(44)42-40(36(46)50-7-2)25-31(40)18-14-9-8-10-15-19-32(35(45)43(33)27-39)41-37(47)51-38(3,4)5/h11-14,16-18,20-23,31-33H,6-10,15,19,24-27H2,1-5H3,(H,41,47)(H,42,44)/t31-,32+,33+,39+,40-/m1/s1. The van der Waals surface area contributed by atoms with Crippen LogP contribution in [0.15, 0.2) is 66.7 Å². The first-order valence-electron chi connectivity index (χ1n) is 18.5. The van der Waals surface area contributed by atoms with Crippen LogP contribution in [0.4, 0.5) is 4.79 Å². The van der Waals surface area contributed by atoms with E-state index in [1.165, 1.54) is 4.90 Å². The van der Waals surface area contributed by atoms with Crippen molar-refractivity contribution < 1.29 is 37.1 Å². The van der Waals surface area contributed by atoms with E-state index in [2.05, 4.69) is 10.6 Å². The third kappa shape index (κ3) is 8.37. The minimum absolute atomic E-state index is 0.121. The van der Waals surface area contributed by atoms with E-state index >= 15 is 0 Å². The molecule has 1 saturated heterocycles. The number of alkyl carbamates (subject to hydrolysis) is 1. The molecule has 2 fully saturated rings. The van der Waals surface area contributed by atoms with Gasteiger partial charge in [-0.3, -0.25) is 9.59 Å². The lowest BCUT2D eigenvalue weighted by molar-refractivity contribution is -0.150. The fraction of sp³-hybridized carbons (Fsp3) is 0.550. The zero-order valence-electron chi connectivity index (χ0n) is 31.0.